The van der Waals surface area contributed by atoms with E-state index < -0.39 is 0 Å². The number of ether oxygens (including phenoxy) is 1. The van der Waals surface area contributed by atoms with Gasteiger partial charge in [0.2, 0.25) is 5.91 Å². The Balaban J connectivity index is 1.74. The lowest BCUT2D eigenvalue weighted by molar-refractivity contribution is -0.126. The molecule has 0 radical (unpaired) electrons. The molecule has 1 atom stereocenters. The van der Waals surface area contributed by atoms with Crippen LogP contribution in [0, 0.1) is 11.3 Å². The van der Waals surface area contributed by atoms with Crippen LogP contribution in [0.25, 0.3) is 0 Å². The Hall–Kier alpha value is -0.610. The first kappa shape index (κ1) is 12.8. The lowest BCUT2D eigenvalue weighted by Crippen LogP contribution is -2.45. The number of hydrogen-bond acceptors (Lipinski definition) is 3. The molecule has 98 valence electrons. The van der Waals surface area contributed by atoms with Gasteiger partial charge in [0.1, 0.15) is 0 Å². The molecule has 0 unspecified atom stereocenters. The van der Waals surface area contributed by atoms with Gasteiger partial charge in [-0.25, -0.2) is 0 Å². The molecule has 0 aliphatic carbocycles. The minimum atomic E-state index is 0.173. The summed E-state index contributed by atoms with van der Waals surface area (Å²) in [5.74, 6) is 0.400. The highest BCUT2D eigenvalue weighted by Crippen LogP contribution is 2.28. The van der Waals surface area contributed by atoms with Crippen molar-refractivity contribution in [2.24, 2.45) is 11.3 Å². The fourth-order valence-corrected chi connectivity index (χ4v) is 2.56. The molecule has 2 N–H and O–H groups in total. The lowest BCUT2D eigenvalue weighted by Gasteiger charge is -2.34. The third-order valence-corrected chi connectivity index (χ3v) is 4.06. The largest absolute Gasteiger partial charge is 0.381 e. The summed E-state index contributed by atoms with van der Waals surface area (Å²) in [5.41, 5.74) is 0.232. The molecule has 4 heteroatoms. The zero-order chi connectivity index (χ0) is 12.1. The molecule has 0 bridgehead atoms. The highest BCUT2D eigenvalue weighted by molar-refractivity contribution is 5.79. The number of rotatable bonds is 3. The summed E-state index contributed by atoms with van der Waals surface area (Å²) in [6.45, 7) is 6.60. The zero-order valence-electron chi connectivity index (χ0n) is 10.8. The molecule has 2 saturated heterocycles. The smallest absolute Gasteiger partial charge is 0.224 e. The first-order valence-electron chi connectivity index (χ1n) is 6.76. The molecular weight excluding hydrogens is 216 g/mol. The van der Waals surface area contributed by atoms with Crippen LogP contribution in [0.15, 0.2) is 0 Å². The molecule has 0 saturated carbocycles. The number of piperidine rings is 1. The molecule has 0 aromatic carbocycles. The maximum atomic E-state index is 12.0. The molecular formula is C13H24N2O2. The van der Waals surface area contributed by atoms with Gasteiger partial charge in [-0.05, 0) is 37.6 Å². The van der Waals surface area contributed by atoms with E-state index in [0.29, 0.717) is 0 Å². The van der Waals surface area contributed by atoms with E-state index in [0.717, 1.165) is 58.5 Å². The van der Waals surface area contributed by atoms with Gasteiger partial charge in [0.15, 0.2) is 0 Å². The van der Waals surface area contributed by atoms with Crippen LogP contribution in [0.5, 0.6) is 0 Å². The maximum absolute atomic E-state index is 12.0. The average Bonchev–Trinajstić information content (AvgIpc) is 2.38. The standard InChI is InChI=1S/C13H24N2O2/c1-13(4-7-17-8-5-13)10-15-12(16)11-3-2-6-14-9-11/h11,14H,2-10H2,1H3,(H,15,16)/t11-/m1/s1. The SMILES string of the molecule is CC1(CNC(=O)[C@@H]2CCCNC2)CCOCC1. The van der Waals surface area contributed by atoms with Crippen LogP contribution in [0.1, 0.15) is 32.6 Å². The number of nitrogens with one attached hydrogen (secondary N) is 2. The molecule has 2 rings (SSSR count). The summed E-state index contributed by atoms with van der Waals surface area (Å²) >= 11 is 0. The van der Waals surface area contributed by atoms with Crippen LogP contribution < -0.4 is 10.6 Å². The normalized spacial score (nSPS) is 28.6. The van der Waals surface area contributed by atoms with Crippen molar-refractivity contribution in [1.82, 2.24) is 10.6 Å². The van der Waals surface area contributed by atoms with Gasteiger partial charge in [0, 0.05) is 26.3 Å². The second-order valence-electron chi connectivity index (χ2n) is 5.68. The van der Waals surface area contributed by atoms with Gasteiger partial charge < -0.3 is 15.4 Å². The van der Waals surface area contributed by atoms with E-state index in [4.69, 9.17) is 4.74 Å². The molecule has 4 nitrogen and oxygen atoms in total. The molecule has 2 fully saturated rings. The minimum Gasteiger partial charge on any atom is -0.381 e. The number of carbonyl (C=O) groups is 1. The molecule has 0 spiro atoms. The zero-order valence-corrected chi connectivity index (χ0v) is 10.8. The second kappa shape index (κ2) is 5.83. The highest BCUT2D eigenvalue weighted by atomic mass is 16.5. The van der Waals surface area contributed by atoms with Gasteiger partial charge in [-0.2, -0.15) is 0 Å². The number of carbonyl (C=O) groups excluding carboxylic acids is 1. The van der Waals surface area contributed by atoms with Crippen molar-refractivity contribution in [2.45, 2.75) is 32.6 Å². The van der Waals surface area contributed by atoms with Gasteiger partial charge >= 0.3 is 0 Å². The Labute approximate surface area is 103 Å². The van der Waals surface area contributed by atoms with E-state index in [1.165, 1.54) is 0 Å². The summed E-state index contributed by atoms with van der Waals surface area (Å²) in [5, 5.41) is 6.41. The Kier molecular flexibility index (Phi) is 4.40. The van der Waals surface area contributed by atoms with Gasteiger partial charge in [0.25, 0.3) is 0 Å². The topological polar surface area (TPSA) is 50.4 Å². The Bertz CT molecular complexity index is 256. The second-order valence-corrected chi connectivity index (χ2v) is 5.68. The van der Waals surface area contributed by atoms with Crippen LogP contribution in [-0.4, -0.2) is 38.8 Å². The van der Waals surface area contributed by atoms with Crippen LogP contribution in [-0.2, 0) is 9.53 Å². The summed E-state index contributed by atoms with van der Waals surface area (Å²) in [6, 6.07) is 0. The van der Waals surface area contributed by atoms with Gasteiger partial charge in [-0.3, -0.25) is 4.79 Å². The van der Waals surface area contributed by atoms with Crippen LogP contribution in [0.4, 0.5) is 0 Å². The Morgan fingerprint density at radius 1 is 1.47 bits per heavy atom. The predicted molar refractivity (Wildman–Crippen MR) is 66.8 cm³/mol. The van der Waals surface area contributed by atoms with Crippen LogP contribution in [0.2, 0.25) is 0 Å². The van der Waals surface area contributed by atoms with E-state index >= 15 is 0 Å². The Morgan fingerprint density at radius 3 is 2.88 bits per heavy atom. The van der Waals surface area contributed by atoms with Gasteiger partial charge in [-0.15, -0.1) is 0 Å². The molecule has 0 aromatic heterocycles. The summed E-state index contributed by atoms with van der Waals surface area (Å²) in [4.78, 5) is 12.0. The molecule has 2 aliphatic rings. The van der Waals surface area contributed by atoms with Crippen molar-refractivity contribution in [3.05, 3.63) is 0 Å². The highest BCUT2D eigenvalue weighted by Gasteiger charge is 2.29. The van der Waals surface area contributed by atoms with Crippen molar-refractivity contribution in [1.29, 1.82) is 0 Å². The van der Waals surface area contributed by atoms with Crippen LogP contribution >= 0.6 is 0 Å². The maximum Gasteiger partial charge on any atom is 0.224 e. The van der Waals surface area contributed by atoms with E-state index in [2.05, 4.69) is 17.6 Å². The van der Waals surface area contributed by atoms with Crippen molar-refractivity contribution < 1.29 is 9.53 Å². The molecule has 2 aliphatic heterocycles. The van der Waals surface area contributed by atoms with Crippen molar-refractivity contribution in [2.75, 3.05) is 32.8 Å². The Morgan fingerprint density at radius 2 is 2.24 bits per heavy atom. The fourth-order valence-electron chi connectivity index (χ4n) is 2.56. The minimum absolute atomic E-state index is 0.173. The molecule has 0 aromatic rings. The van der Waals surface area contributed by atoms with E-state index in [1.807, 2.05) is 0 Å². The van der Waals surface area contributed by atoms with Gasteiger partial charge in [-0.1, -0.05) is 6.92 Å². The summed E-state index contributed by atoms with van der Waals surface area (Å²) in [6.07, 6.45) is 4.24. The van der Waals surface area contributed by atoms with Crippen molar-refractivity contribution in [3.63, 3.8) is 0 Å². The molecule has 1 amide bonds. The quantitative estimate of drug-likeness (QED) is 0.771. The monoisotopic (exact) mass is 240 g/mol. The third kappa shape index (κ3) is 3.68. The number of amides is 1. The van der Waals surface area contributed by atoms with Gasteiger partial charge in [0.05, 0.1) is 5.92 Å². The predicted octanol–water partition coefficient (Wildman–Crippen LogP) is 0.919. The van der Waals surface area contributed by atoms with Crippen LogP contribution in [0.3, 0.4) is 0 Å². The van der Waals surface area contributed by atoms with E-state index in [1.54, 1.807) is 0 Å². The first-order valence-corrected chi connectivity index (χ1v) is 6.76. The van der Waals surface area contributed by atoms with E-state index in [9.17, 15) is 4.79 Å². The fraction of sp³-hybridized carbons (Fsp3) is 0.923. The molecule has 2 heterocycles. The summed E-state index contributed by atoms with van der Waals surface area (Å²) < 4.78 is 5.37. The lowest BCUT2D eigenvalue weighted by atomic mass is 9.82. The van der Waals surface area contributed by atoms with Crippen molar-refractivity contribution in [3.8, 4) is 0 Å². The average molecular weight is 240 g/mol. The summed E-state index contributed by atoms with van der Waals surface area (Å²) in [7, 11) is 0. The first-order chi connectivity index (χ1) is 8.20. The third-order valence-electron chi connectivity index (χ3n) is 4.06. The van der Waals surface area contributed by atoms with E-state index in [-0.39, 0.29) is 17.2 Å². The molecule has 17 heavy (non-hydrogen) atoms. The number of hydrogen-bond donors (Lipinski definition) is 2. The van der Waals surface area contributed by atoms with Crippen molar-refractivity contribution >= 4 is 5.91 Å².